The minimum Gasteiger partial charge on any atom is -0.330 e. The molecule has 0 saturated heterocycles. The number of rotatable bonds is 6. The van der Waals surface area contributed by atoms with Crippen molar-refractivity contribution in [2.24, 2.45) is 0 Å². The summed E-state index contributed by atoms with van der Waals surface area (Å²) >= 11 is 7.85. The molecule has 0 radical (unpaired) electrons. The molecule has 6 heteroatoms. The molecule has 1 aromatic heterocycles. The van der Waals surface area contributed by atoms with Gasteiger partial charge in [-0.25, -0.2) is 0 Å². The third-order valence-electron chi connectivity index (χ3n) is 6.43. The summed E-state index contributed by atoms with van der Waals surface area (Å²) in [5.41, 5.74) is 2.72. The van der Waals surface area contributed by atoms with Gasteiger partial charge in [0.1, 0.15) is 6.54 Å². The van der Waals surface area contributed by atoms with Crippen molar-refractivity contribution in [1.82, 2.24) is 9.80 Å². The monoisotopic (exact) mass is 500 g/mol. The van der Waals surface area contributed by atoms with Crippen LogP contribution < -0.4 is 0 Å². The number of thiophene rings is 1. The normalized spacial score (nSPS) is 15.0. The summed E-state index contributed by atoms with van der Waals surface area (Å²) < 4.78 is 0. The van der Waals surface area contributed by atoms with Crippen molar-refractivity contribution in [2.75, 3.05) is 19.6 Å². The maximum atomic E-state index is 13.7. The molecule has 1 aliphatic rings. The predicted octanol–water partition coefficient (Wildman–Crippen LogP) is 6.36. The number of amides is 2. The molecular formula is C29H25ClN2O2S. The number of halogens is 1. The molecule has 0 saturated carbocycles. The van der Waals surface area contributed by atoms with Gasteiger partial charge in [-0.1, -0.05) is 60.1 Å². The highest BCUT2D eigenvalue weighted by molar-refractivity contribution is 7.10. The van der Waals surface area contributed by atoms with Crippen molar-refractivity contribution in [3.63, 3.8) is 0 Å². The molecule has 0 N–H and O–H groups in total. The maximum Gasteiger partial charge on any atom is 0.254 e. The second-order valence-corrected chi connectivity index (χ2v) is 10.1. The van der Waals surface area contributed by atoms with Crippen LogP contribution in [0.4, 0.5) is 0 Å². The Balaban J connectivity index is 1.42. The summed E-state index contributed by atoms with van der Waals surface area (Å²) in [5.74, 6) is -0.266. The van der Waals surface area contributed by atoms with E-state index in [1.165, 1.54) is 4.88 Å². The van der Waals surface area contributed by atoms with E-state index in [0.717, 1.165) is 28.3 Å². The summed E-state index contributed by atoms with van der Waals surface area (Å²) in [7, 11) is 0. The van der Waals surface area contributed by atoms with Crippen LogP contribution in [0.25, 0.3) is 10.8 Å². The van der Waals surface area contributed by atoms with Gasteiger partial charge in [-0.15, -0.1) is 17.9 Å². The molecule has 0 spiro atoms. The van der Waals surface area contributed by atoms with Crippen LogP contribution >= 0.6 is 22.9 Å². The minimum atomic E-state index is -0.198. The van der Waals surface area contributed by atoms with E-state index in [2.05, 4.69) is 18.0 Å². The third-order valence-corrected chi connectivity index (χ3v) is 7.68. The number of carbonyl (C=O) groups is 2. The van der Waals surface area contributed by atoms with Crippen molar-refractivity contribution in [1.29, 1.82) is 0 Å². The van der Waals surface area contributed by atoms with Gasteiger partial charge in [0.2, 0.25) is 5.91 Å². The number of benzene rings is 3. The maximum absolute atomic E-state index is 13.7. The first-order chi connectivity index (χ1) is 17.0. The highest BCUT2D eigenvalue weighted by Crippen LogP contribution is 2.38. The molecule has 1 aliphatic heterocycles. The van der Waals surface area contributed by atoms with Crippen LogP contribution in [0.3, 0.4) is 0 Å². The quantitative estimate of drug-likeness (QED) is 0.289. The van der Waals surface area contributed by atoms with Crippen molar-refractivity contribution >= 4 is 45.5 Å². The molecule has 176 valence electrons. The van der Waals surface area contributed by atoms with Crippen LogP contribution in [0, 0.1) is 0 Å². The van der Waals surface area contributed by atoms with Crippen molar-refractivity contribution in [3.05, 3.63) is 117 Å². The van der Waals surface area contributed by atoms with Gasteiger partial charge in [0.05, 0.1) is 6.04 Å². The summed E-state index contributed by atoms with van der Waals surface area (Å²) in [6, 6.07) is 23.1. The fourth-order valence-electron chi connectivity index (χ4n) is 4.72. The molecule has 0 aliphatic carbocycles. The SMILES string of the molecule is C=CCN(CC(=O)N1CCc2sccc2C1c1ccc(Cl)cc1)C(=O)c1ccc2ccccc2c1. The highest BCUT2D eigenvalue weighted by Gasteiger charge is 2.34. The molecule has 0 bridgehead atoms. The Kier molecular flexibility index (Phi) is 6.71. The van der Waals surface area contributed by atoms with Crippen LogP contribution in [-0.2, 0) is 11.2 Å². The van der Waals surface area contributed by atoms with E-state index in [9.17, 15) is 9.59 Å². The summed E-state index contributed by atoms with van der Waals surface area (Å²) in [6.45, 7) is 4.69. The molecule has 2 heterocycles. The van der Waals surface area contributed by atoms with Gasteiger partial charge in [0.15, 0.2) is 0 Å². The Morgan fingerprint density at radius 1 is 1.06 bits per heavy atom. The first kappa shape index (κ1) is 23.3. The molecule has 2 amide bonds. The molecule has 1 unspecified atom stereocenters. The molecule has 3 aromatic carbocycles. The lowest BCUT2D eigenvalue weighted by atomic mass is 9.93. The fourth-order valence-corrected chi connectivity index (χ4v) is 5.75. The molecule has 4 nitrogen and oxygen atoms in total. The van der Waals surface area contributed by atoms with Crippen LogP contribution in [0.5, 0.6) is 0 Å². The zero-order valence-electron chi connectivity index (χ0n) is 19.2. The fraction of sp³-hybridized carbons (Fsp3) is 0.172. The van der Waals surface area contributed by atoms with E-state index in [0.29, 0.717) is 23.7 Å². The summed E-state index contributed by atoms with van der Waals surface area (Å²) in [4.78, 5) is 31.9. The zero-order valence-corrected chi connectivity index (χ0v) is 20.8. The molecule has 1 atom stereocenters. The zero-order chi connectivity index (χ0) is 24.4. The number of hydrogen-bond donors (Lipinski definition) is 0. The van der Waals surface area contributed by atoms with Crippen molar-refractivity contribution < 1.29 is 9.59 Å². The number of hydrogen-bond acceptors (Lipinski definition) is 3. The van der Waals surface area contributed by atoms with Crippen LogP contribution in [-0.4, -0.2) is 41.2 Å². The third kappa shape index (κ3) is 4.75. The molecule has 4 aromatic rings. The lowest BCUT2D eigenvalue weighted by molar-refractivity contribution is -0.133. The van der Waals surface area contributed by atoms with E-state index >= 15 is 0 Å². The molecule has 0 fully saturated rings. The van der Waals surface area contributed by atoms with Gasteiger partial charge in [-0.3, -0.25) is 9.59 Å². The first-order valence-electron chi connectivity index (χ1n) is 11.6. The van der Waals surface area contributed by atoms with Gasteiger partial charge in [0.25, 0.3) is 5.91 Å². The molecule has 5 rings (SSSR count). The lowest BCUT2D eigenvalue weighted by Crippen LogP contribution is -2.46. The van der Waals surface area contributed by atoms with Crippen LogP contribution in [0.15, 0.2) is 90.8 Å². The average Bonchev–Trinajstić information content (AvgIpc) is 3.37. The van der Waals surface area contributed by atoms with Crippen molar-refractivity contribution in [3.8, 4) is 0 Å². The average molecular weight is 501 g/mol. The van der Waals surface area contributed by atoms with Crippen LogP contribution in [0.1, 0.15) is 32.4 Å². The largest absolute Gasteiger partial charge is 0.330 e. The van der Waals surface area contributed by atoms with E-state index in [4.69, 9.17) is 11.6 Å². The Bertz CT molecular complexity index is 1400. The van der Waals surface area contributed by atoms with E-state index in [1.807, 2.05) is 71.6 Å². The Labute approximate surface area is 214 Å². The van der Waals surface area contributed by atoms with E-state index < -0.39 is 0 Å². The second-order valence-electron chi connectivity index (χ2n) is 8.63. The van der Waals surface area contributed by atoms with Crippen molar-refractivity contribution in [2.45, 2.75) is 12.5 Å². The summed E-state index contributed by atoms with van der Waals surface area (Å²) in [5, 5.41) is 4.80. The van der Waals surface area contributed by atoms with Gasteiger partial charge in [-0.05, 0) is 64.0 Å². The Morgan fingerprint density at radius 3 is 2.60 bits per heavy atom. The van der Waals surface area contributed by atoms with Crippen LogP contribution in [0.2, 0.25) is 5.02 Å². The first-order valence-corrected chi connectivity index (χ1v) is 12.8. The lowest BCUT2D eigenvalue weighted by Gasteiger charge is -2.37. The summed E-state index contributed by atoms with van der Waals surface area (Å²) in [6.07, 6.45) is 2.47. The standard InChI is InChI=1S/C29H25ClN2O2S/c1-2-15-31(29(34)23-8-7-20-5-3-4-6-22(20)18-23)19-27(33)32-16-13-26-25(14-17-35-26)28(32)21-9-11-24(30)12-10-21/h2-12,14,17-18,28H,1,13,15-16,19H2. The number of carbonyl (C=O) groups excluding carboxylic acids is 2. The van der Waals surface area contributed by atoms with E-state index in [-0.39, 0.29) is 24.4 Å². The smallest absolute Gasteiger partial charge is 0.254 e. The predicted molar refractivity (Wildman–Crippen MR) is 143 cm³/mol. The van der Waals surface area contributed by atoms with Gasteiger partial charge in [-0.2, -0.15) is 0 Å². The Hall–Kier alpha value is -3.41. The van der Waals surface area contributed by atoms with E-state index in [1.54, 1.807) is 22.3 Å². The topological polar surface area (TPSA) is 40.6 Å². The molecule has 35 heavy (non-hydrogen) atoms. The minimum absolute atomic E-state index is 0.0127. The number of nitrogens with zero attached hydrogens (tertiary/aromatic N) is 2. The Morgan fingerprint density at radius 2 is 1.83 bits per heavy atom. The second kappa shape index (κ2) is 10.1. The highest BCUT2D eigenvalue weighted by atomic mass is 35.5. The van der Waals surface area contributed by atoms with Gasteiger partial charge < -0.3 is 9.80 Å². The van der Waals surface area contributed by atoms with Gasteiger partial charge in [0, 0.05) is 28.6 Å². The number of fused-ring (bicyclic) bond motifs is 2. The molecular weight excluding hydrogens is 476 g/mol. The van der Waals surface area contributed by atoms with Gasteiger partial charge >= 0.3 is 0 Å².